The maximum atomic E-state index is 12.4. The molecule has 0 saturated carbocycles. The number of carbonyl (C=O) groups excluding carboxylic acids is 2. The van der Waals surface area contributed by atoms with Crippen molar-refractivity contribution < 1.29 is 14.0 Å². The fourth-order valence-electron chi connectivity index (χ4n) is 2.86. The molecule has 1 spiro atoms. The minimum absolute atomic E-state index is 0.106. The Kier molecular flexibility index (Phi) is 2.45. The van der Waals surface area contributed by atoms with Crippen LogP contribution in [0, 0.1) is 0 Å². The van der Waals surface area contributed by atoms with Crippen LogP contribution in [0.4, 0.5) is 10.1 Å². The lowest BCUT2D eigenvalue weighted by Gasteiger charge is -2.19. The molecule has 0 aromatic heterocycles. The smallest absolute Gasteiger partial charge is 0.236 e. The summed E-state index contributed by atoms with van der Waals surface area (Å²) in [5, 5.41) is 5.78. The van der Waals surface area contributed by atoms with E-state index in [1.54, 1.807) is 0 Å². The number of carbonyl (C=O) groups is 2. The van der Waals surface area contributed by atoms with Gasteiger partial charge in [0.1, 0.15) is 6.67 Å². The van der Waals surface area contributed by atoms with E-state index in [2.05, 4.69) is 10.6 Å². The van der Waals surface area contributed by atoms with Crippen LogP contribution in [-0.4, -0.2) is 31.0 Å². The number of anilines is 1. The minimum atomic E-state index is -0.989. The highest BCUT2D eigenvalue weighted by atomic mass is 19.1. The molecular formula is C13H13FN2O2. The van der Waals surface area contributed by atoms with Crippen LogP contribution < -0.4 is 10.6 Å². The van der Waals surface area contributed by atoms with E-state index in [9.17, 15) is 14.0 Å². The van der Waals surface area contributed by atoms with Crippen molar-refractivity contribution in [3.05, 3.63) is 29.8 Å². The Morgan fingerprint density at radius 1 is 1.44 bits per heavy atom. The first-order chi connectivity index (χ1) is 8.67. The monoisotopic (exact) mass is 248 g/mol. The molecule has 1 aromatic carbocycles. The average Bonchev–Trinajstić information content (AvgIpc) is 2.94. The van der Waals surface area contributed by atoms with E-state index in [0.717, 1.165) is 11.3 Å². The zero-order valence-electron chi connectivity index (χ0n) is 9.70. The molecule has 18 heavy (non-hydrogen) atoms. The van der Waals surface area contributed by atoms with Crippen molar-refractivity contribution in [2.45, 2.75) is 17.9 Å². The lowest BCUT2D eigenvalue weighted by Crippen LogP contribution is -2.36. The molecule has 0 bridgehead atoms. The third-order valence-electron chi connectivity index (χ3n) is 3.85. The van der Waals surface area contributed by atoms with Gasteiger partial charge in [-0.25, -0.2) is 4.39 Å². The van der Waals surface area contributed by atoms with Gasteiger partial charge in [-0.05, 0) is 18.1 Å². The fourth-order valence-corrected chi connectivity index (χ4v) is 2.86. The van der Waals surface area contributed by atoms with Gasteiger partial charge < -0.3 is 10.6 Å². The fraction of sp³-hybridized carbons (Fsp3) is 0.385. The Balaban J connectivity index is 1.97. The molecule has 2 heterocycles. The molecule has 1 fully saturated rings. The first-order valence-corrected chi connectivity index (χ1v) is 5.90. The largest absolute Gasteiger partial charge is 0.325 e. The molecular weight excluding hydrogens is 235 g/mol. The Morgan fingerprint density at radius 2 is 2.22 bits per heavy atom. The van der Waals surface area contributed by atoms with Gasteiger partial charge in [0.15, 0.2) is 5.78 Å². The number of rotatable bonds is 2. The number of amides is 1. The quantitative estimate of drug-likeness (QED) is 0.813. The number of nitrogens with one attached hydrogen (secondary N) is 2. The van der Waals surface area contributed by atoms with Crippen LogP contribution in [0.15, 0.2) is 24.3 Å². The number of para-hydroxylation sites is 1. The molecule has 3 rings (SSSR count). The van der Waals surface area contributed by atoms with E-state index in [-0.39, 0.29) is 5.91 Å². The first kappa shape index (κ1) is 11.3. The maximum absolute atomic E-state index is 12.4. The lowest BCUT2D eigenvalue weighted by atomic mass is 9.79. The SMILES string of the molecule is O=C(CF)C1CC2(CN1)C(=O)Nc1ccccc12. The van der Waals surface area contributed by atoms with Gasteiger partial charge in [-0.3, -0.25) is 9.59 Å². The molecule has 1 saturated heterocycles. The maximum Gasteiger partial charge on any atom is 0.236 e. The van der Waals surface area contributed by atoms with Gasteiger partial charge >= 0.3 is 0 Å². The molecule has 2 aliphatic heterocycles. The normalized spacial score (nSPS) is 29.4. The molecule has 2 unspecified atom stereocenters. The minimum Gasteiger partial charge on any atom is -0.325 e. The molecule has 94 valence electrons. The van der Waals surface area contributed by atoms with Crippen LogP contribution in [0.3, 0.4) is 0 Å². The Labute approximate surface area is 104 Å². The van der Waals surface area contributed by atoms with Crippen molar-refractivity contribution in [2.75, 3.05) is 18.5 Å². The van der Waals surface area contributed by atoms with Crippen molar-refractivity contribution in [1.29, 1.82) is 0 Å². The van der Waals surface area contributed by atoms with Gasteiger partial charge in [-0.1, -0.05) is 18.2 Å². The number of fused-ring (bicyclic) bond motifs is 2. The van der Waals surface area contributed by atoms with Crippen LogP contribution in [0.2, 0.25) is 0 Å². The van der Waals surface area contributed by atoms with E-state index in [0.29, 0.717) is 13.0 Å². The number of alkyl halides is 1. The number of halogens is 1. The van der Waals surface area contributed by atoms with Crippen LogP contribution in [0.1, 0.15) is 12.0 Å². The van der Waals surface area contributed by atoms with Gasteiger partial charge in [-0.2, -0.15) is 0 Å². The van der Waals surface area contributed by atoms with Gasteiger partial charge in [-0.15, -0.1) is 0 Å². The molecule has 5 heteroatoms. The second-order valence-corrected chi connectivity index (χ2v) is 4.82. The predicted molar refractivity (Wildman–Crippen MR) is 64.1 cm³/mol. The summed E-state index contributed by atoms with van der Waals surface area (Å²) in [6.07, 6.45) is 0.332. The number of Topliss-reactive ketones (excluding diaryl/α,β-unsaturated/α-hetero) is 1. The number of ketones is 1. The van der Waals surface area contributed by atoms with E-state index in [1.807, 2.05) is 24.3 Å². The van der Waals surface area contributed by atoms with E-state index >= 15 is 0 Å². The van der Waals surface area contributed by atoms with Crippen molar-refractivity contribution >= 4 is 17.4 Å². The Bertz CT molecular complexity index is 531. The number of hydrogen-bond donors (Lipinski definition) is 2. The van der Waals surface area contributed by atoms with Gasteiger partial charge in [0.25, 0.3) is 0 Å². The molecule has 0 aliphatic carbocycles. The molecule has 1 aromatic rings. The molecule has 0 radical (unpaired) electrons. The standard InChI is InChI=1S/C13H13FN2O2/c14-6-11(17)10-5-13(7-15-10)8-3-1-2-4-9(8)16-12(13)18/h1-4,10,15H,5-7H2,(H,16,18). The van der Waals surface area contributed by atoms with Crippen molar-refractivity contribution in [3.8, 4) is 0 Å². The van der Waals surface area contributed by atoms with Crippen molar-refractivity contribution in [3.63, 3.8) is 0 Å². The molecule has 1 amide bonds. The highest BCUT2D eigenvalue weighted by Crippen LogP contribution is 2.43. The van der Waals surface area contributed by atoms with Crippen LogP contribution >= 0.6 is 0 Å². The summed E-state index contributed by atoms with van der Waals surface area (Å²) < 4.78 is 12.4. The number of benzene rings is 1. The molecule has 4 nitrogen and oxygen atoms in total. The van der Waals surface area contributed by atoms with Crippen LogP contribution in [0.5, 0.6) is 0 Å². The zero-order chi connectivity index (χ0) is 12.8. The summed E-state index contributed by atoms with van der Waals surface area (Å²) in [6, 6.07) is 6.88. The first-order valence-electron chi connectivity index (χ1n) is 5.90. The summed E-state index contributed by atoms with van der Waals surface area (Å²) in [5.74, 6) is -0.589. The van der Waals surface area contributed by atoms with E-state index < -0.39 is 23.9 Å². The molecule has 2 atom stereocenters. The van der Waals surface area contributed by atoms with E-state index in [4.69, 9.17) is 0 Å². The summed E-state index contributed by atoms with van der Waals surface area (Å²) in [7, 11) is 0. The highest BCUT2D eigenvalue weighted by molar-refractivity contribution is 6.07. The second-order valence-electron chi connectivity index (χ2n) is 4.82. The Morgan fingerprint density at radius 3 is 3.00 bits per heavy atom. The third kappa shape index (κ3) is 1.40. The predicted octanol–water partition coefficient (Wildman–Crippen LogP) is 0.777. The Hall–Kier alpha value is -1.75. The lowest BCUT2D eigenvalue weighted by molar-refractivity contribution is -0.122. The van der Waals surface area contributed by atoms with Gasteiger partial charge in [0.05, 0.1) is 11.5 Å². The molecule has 2 N–H and O–H groups in total. The average molecular weight is 248 g/mol. The zero-order valence-corrected chi connectivity index (χ0v) is 9.70. The van der Waals surface area contributed by atoms with Gasteiger partial charge in [0, 0.05) is 12.2 Å². The van der Waals surface area contributed by atoms with E-state index in [1.165, 1.54) is 0 Å². The topological polar surface area (TPSA) is 58.2 Å². The summed E-state index contributed by atoms with van der Waals surface area (Å²) in [6.45, 7) is -0.608. The summed E-state index contributed by atoms with van der Waals surface area (Å²) >= 11 is 0. The highest BCUT2D eigenvalue weighted by Gasteiger charge is 2.52. The van der Waals surface area contributed by atoms with Crippen molar-refractivity contribution in [1.82, 2.24) is 5.32 Å². The number of hydrogen-bond acceptors (Lipinski definition) is 3. The van der Waals surface area contributed by atoms with Crippen LogP contribution in [-0.2, 0) is 15.0 Å². The summed E-state index contributed by atoms with van der Waals surface area (Å²) in [4.78, 5) is 23.6. The van der Waals surface area contributed by atoms with Crippen molar-refractivity contribution in [2.24, 2.45) is 0 Å². The van der Waals surface area contributed by atoms with Gasteiger partial charge in [0.2, 0.25) is 5.91 Å². The summed E-state index contributed by atoms with van der Waals surface area (Å²) in [5.41, 5.74) is 0.973. The third-order valence-corrected chi connectivity index (χ3v) is 3.85. The van der Waals surface area contributed by atoms with Crippen LogP contribution in [0.25, 0.3) is 0 Å². The molecule has 2 aliphatic rings. The second kappa shape index (κ2) is 3.88.